The summed E-state index contributed by atoms with van der Waals surface area (Å²) in [4.78, 5) is 25.6. The standard InChI is InChI=1S/C15H21N3O2/c1-2-12-4-6-13(7-5-12)17-14(19)15(20)18-10-3-8-16-9-11-18/h4-7,16H,2-3,8-11H2,1H3,(H,17,19). The van der Waals surface area contributed by atoms with Gasteiger partial charge in [0.25, 0.3) is 0 Å². The molecule has 2 N–H and O–H groups in total. The Kier molecular flexibility index (Phi) is 5.12. The fraction of sp³-hybridized carbons (Fsp3) is 0.467. The number of nitrogens with zero attached hydrogens (tertiary/aromatic N) is 1. The number of hydrogen-bond donors (Lipinski definition) is 2. The van der Waals surface area contributed by atoms with Crippen molar-refractivity contribution >= 4 is 17.5 Å². The molecule has 1 saturated heterocycles. The van der Waals surface area contributed by atoms with Gasteiger partial charge in [-0.05, 0) is 37.1 Å². The molecule has 0 atom stereocenters. The second-order valence-electron chi connectivity index (χ2n) is 4.90. The largest absolute Gasteiger partial charge is 0.333 e. The van der Waals surface area contributed by atoms with Crippen molar-refractivity contribution in [2.75, 3.05) is 31.5 Å². The summed E-state index contributed by atoms with van der Waals surface area (Å²) < 4.78 is 0. The lowest BCUT2D eigenvalue weighted by atomic mass is 10.1. The number of amides is 2. The van der Waals surface area contributed by atoms with E-state index < -0.39 is 11.8 Å². The molecule has 1 fully saturated rings. The number of hydrogen-bond acceptors (Lipinski definition) is 3. The summed E-state index contributed by atoms with van der Waals surface area (Å²) in [5.41, 5.74) is 1.86. The molecule has 108 valence electrons. The van der Waals surface area contributed by atoms with Gasteiger partial charge in [-0.15, -0.1) is 0 Å². The summed E-state index contributed by atoms with van der Waals surface area (Å²) in [6.07, 6.45) is 1.83. The van der Waals surface area contributed by atoms with Gasteiger partial charge in [0, 0.05) is 25.3 Å². The van der Waals surface area contributed by atoms with Gasteiger partial charge in [0.1, 0.15) is 0 Å². The van der Waals surface area contributed by atoms with Crippen LogP contribution in [0, 0.1) is 0 Å². The summed E-state index contributed by atoms with van der Waals surface area (Å²) >= 11 is 0. The van der Waals surface area contributed by atoms with Crippen molar-refractivity contribution in [1.29, 1.82) is 0 Å². The van der Waals surface area contributed by atoms with E-state index in [-0.39, 0.29) is 0 Å². The highest BCUT2D eigenvalue weighted by molar-refractivity contribution is 6.39. The predicted molar refractivity (Wildman–Crippen MR) is 78.5 cm³/mol. The summed E-state index contributed by atoms with van der Waals surface area (Å²) in [6.45, 7) is 4.92. The Morgan fingerprint density at radius 2 is 1.95 bits per heavy atom. The Labute approximate surface area is 119 Å². The zero-order chi connectivity index (χ0) is 14.4. The zero-order valence-corrected chi connectivity index (χ0v) is 11.8. The third-order valence-corrected chi connectivity index (χ3v) is 3.44. The first-order valence-corrected chi connectivity index (χ1v) is 7.10. The first-order chi connectivity index (χ1) is 9.70. The molecule has 1 heterocycles. The van der Waals surface area contributed by atoms with Crippen molar-refractivity contribution in [3.63, 3.8) is 0 Å². The quantitative estimate of drug-likeness (QED) is 0.792. The Bertz CT molecular complexity index is 463. The van der Waals surface area contributed by atoms with E-state index in [0.29, 0.717) is 18.8 Å². The van der Waals surface area contributed by atoms with Crippen LogP contribution in [0.25, 0.3) is 0 Å². The molecule has 0 bridgehead atoms. The first kappa shape index (κ1) is 14.5. The minimum atomic E-state index is -0.559. The Balaban J connectivity index is 1.94. The van der Waals surface area contributed by atoms with Gasteiger partial charge >= 0.3 is 11.8 Å². The van der Waals surface area contributed by atoms with Crippen LogP contribution in [0.5, 0.6) is 0 Å². The van der Waals surface area contributed by atoms with Crippen molar-refractivity contribution in [2.24, 2.45) is 0 Å². The van der Waals surface area contributed by atoms with Gasteiger partial charge in [-0.2, -0.15) is 0 Å². The monoisotopic (exact) mass is 275 g/mol. The van der Waals surface area contributed by atoms with Crippen molar-refractivity contribution in [3.8, 4) is 0 Å². The molecular weight excluding hydrogens is 254 g/mol. The molecule has 1 aliphatic rings. The van der Waals surface area contributed by atoms with E-state index in [4.69, 9.17) is 0 Å². The predicted octanol–water partition coefficient (Wildman–Crippen LogP) is 1.01. The van der Waals surface area contributed by atoms with Gasteiger partial charge in [0.2, 0.25) is 0 Å². The Morgan fingerprint density at radius 3 is 2.65 bits per heavy atom. The molecule has 1 aromatic rings. The maximum Gasteiger partial charge on any atom is 0.313 e. The number of anilines is 1. The van der Waals surface area contributed by atoms with Gasteiger partial charge in [-0.3, -0.25) is 9.59 Å². The molecule has 20 heavy (non-hydrogen) atoms. The van der Waals surface area contributed by atoms with E-state index in [1.807, 2.05) is 24.3 Å². The fourth-order valence-electron chi connectivity index (χ4n) is 2.20. The smallest absolute Gasteiger partial charge is 0.313 e. The fourth-order valence-corrected chi connectivity index (χ4v) is 2.20. The number of benzene rings is 1. The average molecular weight is 275 g/mol. The second kappa shape index (κ2) is 7.05. The highest BCUT2D eigenvalue weighted by Crippen LogP contribution is 2.10. The van der Waals surface area contributed by atoms with Crippen LogP contribution in [-0.4, -0.2) is 42.9 Å². The van der Waals surface area contributed by atoms with Gasteiger partial charge in [-0.1, -0.05) is 19.1 Å². The molecule has 5 nitrogen and oxygen atoms in total. The molecule has 0 aliphatic carbocycles. The van der Waals surface area contributed by atoms with Crippen LogP contribution < -0.4 is 10.6 Å². The highest BCUT2D eigenvalue weighted by Gasteiger charge is 2.22. The van der Waals surface area contributed by atoms with Gasteiger partial charge in [0.05, 0.1) is 0 Å². The number of nitrogens with one attached hydrogen (secondary N) is 2. The van der Waals surface area contributed by atoms with Crippen molar-refractivity contribution in [3.05, 3.63) is 29.8 Å². The lowest BCUT2D eigenvalue weighted by molar-refractivity contribution is -0.143. The third kappa shape index (κ3) is 3.81. The van der Waals surface area contributed by atoms with Crippen LogP contribution in [0.3, 0.4) is 0 Å². The second-order valence-corrected chi connectivity index (χ2v) is 4.90. The van der Waals surface area contributed by atoms with Crippen molar-refractivity contribution in [2.45, 2.75) is 19.8 Å². The lowest BCUT2D eigenvalue weighted by Crippen LogP contribution is -2.41. The van der Waals surface area contributed by atoms with Gasteiger partial charge < -0.3 is 15.5 Å². The molecule has 0 saturated carbocycles. The Morgan fingerprint density at radius 1 is 1.20 bits per heavy atom. The van der Waals surface area contributed by atoms with Crippen LogP contribution in [0.15, 0.2) is 24.3 Å². The number of carbonyl (C=O) groups is 2. The number of rotatable bonds is 2. The Hall–Kier alpha value is -1.88. The number of aryl methyl sites for hydroxylation is 1. The van der Waals surface area contributed by atoms with Gasteiger partial charge in [-0.25, -0.2) is 0 Å². The highest BCUT2D eigenvalue weighted by atomic mass is 16.2. The average Bonchev–Trinajstić information content (AvgIpc) is 2.76. The topological polar surface area (TPSA) is 61.4 Å². The van der Waals surface area contributed by atoms with Gasteiger partial charge in [0.15, 0.2) is 0 Å². The molecule has 0 unspecified atom stereocenters. The lowest BCUT2D eigenvalue weighted by Gasteiger charge is -2.19. The maximum absolute atomic E-state index is 12.1. The molecular formula is C15H21N3O2. The SMILES string of the molecule is CCc1ccc(NC(=O)C(=O)N2CCCNCC2)cc1. The van der Waals surface area contributed by atoms with E-state index in [1.165, 1.54) is 5.56 Å². The van der Waals surface area contributed by atoms with E-state index >= 15 is 0 Å². The summed E-state index contributed by atoms with van der Waals surface area (Å²) in [5, 5.41) is 5.87. The van der Waals surface area contributed by atoms with Crippen LogP contribution in [0.1, 0.15) is 18.9 Å². The van der Waals surface area contributed by atoms with Crippen LogP contribution in [0.2, 0.25) is 0 Å². The first-order valence-electron chi connectivity index (χ1n) is 7.10. The minimum absolute atomic E-state index is 0.451. The normalized spacial score (nSPS) is 15.6. The van der Waals surface area contributed by atoms with E-state index in [2.05, 4.69) is 17.6 Å². The van der Waals surface area contributed by atoms with E-state index in [0.717, 1.165) is 25.9 Å². The maximum atomic E-state index is 12.1. The van der Waals surface area contributed by atoms with Crippen LogP contribution >= 0.6 is 0 Å². The van der Waals surface area contributed by atoms with Crippen molar-refractivity contribution < 1.29 is 9.59 Å². The molecule has 0 aromatic heterocycles. The minimum Gasteiger partial charge on any atom is -0.333 e. The van der Waals surface area contributed by atoms with Crippen molar-refractivity contribution in [1.82, 2.24) is 10.2 Å². The molecule has 2 amide bonds. The van der Waals surface area contributed by atoms with E-state index in [1.54, 1.807) is 4.90 Å². The molecule has 2 rings (SSSR count). The summed E-state index contributed by atoms with van der Waals surface area (Å²) in [6, 6.07) is 7.56. The molecule has 5 heteroatoms. The van der Waals surface area contributed by atoms with E-state index in [9.17, 15) is 9.59 Å². The summed E-state index contributed by atoms with van der Waals surface area (Å²) in [5.74, 6) is -1.01. The third-order valence-electron chi connectivity index (χ3n) is 3.44. The molecule has 1 aromatic carbocycles. The number of carbonyl (C=O) groups excluding carboxylic acids is 2. The zero-order valence-electron chi connectivity index (χ0n) is 11.8. The summed E-state index contributed by atoms with van der Waals surface area (Å²) in [7, 11) is 0. The van der Waals surface area contributed by atoms with Crippen LogP contribution in [0.4, 0.5) is 5.69 Å². The molecule has 1 aliphatic heterocycles. The molecule has 0 radical (unpaired) electrons. The van der Waals surface area contributed by atoms with Crippen LogP contribution in [-0.2, 0) is 16.0 Å². The molecule has 0 spiro atoms.